The summed E-state index contributed by atoms with van der Waals surface area (Å²) in [5, 5.41) is 11.5. The van der Waals surface area contributed by atoms with Crippen molar-refractivity contribution in [2.45, 2.75) is 33.7 Å². The van der Waals surface area contributed by atoms with E-state index in [1.165, 1.54) is 16.7 Å². The highest BCUT2D eigenvalue weighted by Crippen LogP contribution is 2.09. The van der Waals surface area contributed by atoms with Gasteiger partial charge in [-0.3, -0.25) is 14.4 Å². The SMILES string of the molecule is CCN(CC(=O)NC(C)C)C(=O)CSCC(C)C(=O)O. The predicted molar refractivity (Wildman–Crippen MR) is 79.7 cm³/mol. The number of nitrogens with zero attached hydrogens (tertiary/aromatic N) is 1. The van der Waals surface area contributed by atoms with Crippen molar-refractivity contribution in [3.63, 3.8) is 0 Å². The van der Waals surface area contributed by atoms with E-state index in [1.54, 1.807) is 6.92 Å². The average Bonchev–Trinajstić information content (AvgIpc) is 2.34. The molecule has 1 unspecified atom stereocenters. The van der Waals surface area contributed by atoms with Gasteiger partial charge in [0, 0.05) is 18.3 Å². The summed E-state index contributed by atoms with van der Waals surface area (Å²) in [5.41, 5.74) is 0. The first kappa shape index (κ1) is 18.8. The Morgan fingerprint density at radius 2 is 1.85 bits per heavy atom. The minimum atomic E-state index is -0.867. The standard InChI is InChI=1S/C13H24N2O4S/c1-5-15(6-11(16)14-9(2)3)12(17)8-20-7-10(4)13(18)19/h9-10H,5-8H2,1-4H3,(H,14,16)(H,18,19). The summed E-state index contributed by atoms with van der Waals surface area (Å²) < 4.78 is 0. The van der Waals surface area contributed by atoms with Gasteiger partial charge in [-0.15, -0.1) is 0 Å². The van der Waals surface area contributed by atoms with Crippen LogP contribution < -0.4 is 5.32 Å². The smallest absolute Gasteiger partial charge is 0.307 e. The first-order valence-corrected chi connectivity index (χ1v) is 7.81. The van der Waals surface area contributed by atoms with Gasteiger partial charge >= 0.3 is 5.97 Å². The number of aliphatic carboxylic acids is 1. The number of rotatable bonds is 9. The Hall–Kier alpha value is -1.24. The molecule has 0 aliphatic carbocycles. The number of thioether (sulfide) groups is 1. The van der Waals surface area contributed by atoms with Gasteiger partial charge in [0.05, 0.1) is 18.2 Å². The number of carbonyl (C=O) groups is 3. The molecule has 0 spiro atoms. The monoisotopic (exact) mass is 304 g/mol. The van der Waals surface area contributed by atoms with Gasteiger partial charge in [-0.05, 0) is 20.8 Å². The molecule has 2 N–H and O–H groups in total. The van der Waals surface area contributed by atoms with Crippen molar-refractivity contribution in [1.29, 1.82) is 0 Å². The molecule has 0 fully saturated rings. The Bertz CT molecular complexity index is 347. The van der Waals surface area contributed by atoms with E-state index < -0.39 is 11.9 Å². The fourth-order valence-corrected chi connectivity index (χ4v) is 2.37. The largest absolute Gasteiger partial charge is 0.481 e. The molecular weight excluding hydrogens is 280 g/mol. The second-order valence-electron chi connectivity index (χ2n) is 4.88. The van der Waals surface area contributed by atoms with Gasteiger partial charge in [0.1, 0.15) is 0 Å². The number of likely N-dealkylation sites (N-methyl/N-ethyl adjacent to an activating group) is 1. The number of hydrogen-bond acceptors (Lipinski definition) is 4. The van der Waals surface area contributed by atoms with Crippen molar-refractivity contribution in [3.8, 4) is 0 Å². The van der Waals surface area contributed by atoms with Gasteiger partial charge in [0.2, 0.25) is 11.8 Å². The van der Waals surface area contributed by atoms with E-state index in [4.69, 9.17) is 5.11 Å². The Balaban J connectivity index is 4.14. The number of hydrogen-bond donors (Lipinski definition) is 2. The highest BCUT2D eigenvalue weighted by molar-refractivity contribution is 7.99. The fourth-order valence-electron chi connectivity index (χ4n) is 1.40. The Morgan fingerprint density at radius 3 is 2.30 bits per heavy atom. The fraction of sp³-hybridized carbons (Fsp3) is 0.769. The average molecular weight is 304 g/mol. The summed E-state index contributed by atoms with van der Waals surface area (Å²) in [6, 6.07) is 0.0436. The van der Waals surface area contributed by atoms with Crippen LogP contribution in [0.5, 0.6) is 0 Å². The molecule has 7 heteroatoms. The molecule has 0 aromatic heterocycles. The third-order valence-electron chi connectivity index (χ3n) is 2.53. The molecule has 116 valence electrons. The highest BCUT2D eigenvalue weighted by atomic mass is 32.2. The molecule has 0 saturated heterocycles. The predicted octanol–water partition coefficient (Wildman–Crippen LogP) is 0.813. The number of carboxylic acids is 1. The summed E-state index contributed by atoms with van der Waals surface area (Å²) in [7, 11) is 0. The van der Waals surface area contributed by atoms with E-state index in [2.05, 4.69) is 5.32 Å². The van der Waals surface area contributed by atoms with Crippen molar-refractivity contribution in [2.24, 2.45) is 5.92 Å². The molecule has 0 radical (unpaired) electrons. The van der Waals surface area contributed by atoms with Crippen LogP contribution in [0.3, 0.4) is 0 Å². The third kappa shape index (κ3) is 8.04. The van der Waals surface area contributed by atoms with E-state index in [0.717, 1.165) is 0 Å². The molecule has 0 aliphatic heterocycles. The minimum absolute atomic E-state index is 0.0436. The van der Waals surface area contributed by atoms with Gasteiger partial charge in [-0.1, -0.05) is 6.92 Å². The van der Waals surface area contributed by atoms with Crippen molar-refractivity contribution in [1.82, 2.24) is 10.2 Å². The molecule has 0 aliphatic rings. The van der Waals surface area contributed by atoms with Gasteiger partial charge < -0.3 is 15.3 Å². The Kier molecular flexibility index (Phi) is 9.03. The van der Waals surface area contributed by atoms with Crippen molar-refractivity contribution in [3.05, 3.63) is 0 Å². The number of amides is 2. The summed E-state index contributed by atoms with van der Waals surface area (Å²) in [4.78, 5) is 35.7. The molecule has 2 amide bonds. The summed E-state index contributed by atoms with van der Waals surface area (Å²) in [6.07, 6.45) is 0. The van der Waals surface area contributed by atoms with Crippen LogP contribution in [-0.2, 0) is 14.4 Å². The van der Waals surface area contributed by atoms with E-state index in [9.17, 15) is 14.4 Å². The topological polar surface area (TPSA) is 86.7 Å². The summed E-state index contributed by atoms with van der Waals surface area (Å²) in [5.74, 6) is -1.09. The Morgan fingerprint density at radius 1 is 1.25 bits per heavy atom. The van der Waals surface area contributed by atoms with Crippen LogP contribution in [0.2, 0.25) is 0 Å². The number of nitrogens with one attached hydrogen (secondary N) is 1. The zero-order valence-corrected chi connectivity index (χ0v) is 13.3. The molecule has 1 atom stereocenters. The molecule has 0 aromatic rings. The molecule has 20 heavy (non-hydrogen) atoms. The van der Waals surface area contributed by atoms with Crippen LogP contribution in [-0.4, -0.2) is 58.4 Å². The lowest BCUT2D eigenvalue weighted by Gasteiger charge is -2.21. The quantitative estimate of drug-likeness (QED) is 0.658. The van der Waals surface area contributed by atoms with Gasteiger partial charge in [0.25, 0.3) is 0 Å². The van der Waals surface area contributed by atoms with Crippen LogP contribution >= 0.6 is 11.8 Å². The summed E-state index contributed by atoms with van der Waals surface area (Å²) >= 11 is 1.28. The van der Waals surface area contributed by atoms with Crippen LogP contribution in [0.15, 0.2) is 0 Å². The first-order chi connectivity index (χ1) is 9.27. The van der Waals surface area contributed by atoms with Gasteiger partial charge in [-0.2, -0.15) is 11.8 Å². The van der Waals surface area contributed by atoms with Gasteiger partial charge in [-0.25, -0.2) is 0 Å². The van der Waals surface area contributed by atoms with Crippen LogP contribution in [0.4, 0.5) is 0 Å². The van der Waals surface area contributed by atoms with E-state index in [1.807, 2.05) is 20.8 Å². The van der Waals surface area contributed by atoms with Crippen molar-refractivity contribution < 1.29 is 19.5 Å². The molecule has 0 rings (SSSR count). The lowest BCUT2D eigenvalue weighted by molar-refractivity contribution is -0.140. The lowest BCUT2D eigenvalue weighted by atomic mass is 10.2. The number of carboxylic acid groups (broad SMARTS) is 1. The molecule has 6 nitrogen and oxygen atoms in total. The van der Waals surface area contributed by atoms with Crippen LogP contribution in [0.25, 0.3) is 0 Å². The van der Waals surface area contributed by atoms with Gasteiger partial charge in [0.15, 0.2) is 0 Å². The molecule has 0 heterocycles. The molecule has 0 saturated carbocycles. The zero-order valence-electron chi connectivity index (χ0n) is 12.5. The van der Waals surface area contributed by atoms with Crippen LogP contribution in [0, 0.1) is 5.92 Å². The lowest BCUT2D eigenvalue weighted by Crippen LogP contribution is -2.43. The summed E-state index contributed by atoms with van der Waals surface area (Å²) in [6.45, 7) is 7.64. The second-order valence-corrected chi connectivity index (χ2v) is 5.91. The van der Waals surface area contributed by atoms with Crippen molar-refractivity contribution in [2.75, 3.05) is 24.6 Å². The molecule has 0 aromatic carbocycles. The minimum Gasteiger partial charge on any atom is -0.481 e. The number of carbonyl (C=O) groups excluding carboxylic acids is 2. The third-order valence-corrected chi connectivity index (χ3v) is 3.72. The first-order valence-electron chi connectivity index (χ1n) is 6.65. The highest BCUT2D eigenvalue weighted by Gasteiger charge is 2.17. The van der Waals surface area contributed by atoms with Crippen LogP contribution in [0.1, 0.15) is 27.7 Å². The molecule has 0 bridgehead atoms. The second kappa shape index (κ2) is 9.63. The zero-order chi connectivity index (χ0) is 15.7. The molecular formula is C13H24N2O4S. The maximum absolute atomic E-state index is 11.9. The maximum atomic E-state index is 11.9. The Labute approximate surface area is 124 Å². The van der Waals surface area contributed by atoms with E-state index >= 15 is 0 Å². The normalized spacial score (nSPS) is 12.1. The van der Waals surface area contributed by atoms with Crippen molar-refractivity contribution >= 4 is 29.5 Å². The van der Waals surface area contributed by atoms with E-state index in [-0.39, 0.29) is 30.2 Å². The maximum Gasteiger partial charge on any atom is 0.307 e. The van der Waals surface area contributed by atoms with E-state index in [0.29, 0.717) is 12.3 Å².